The topological polar surface area (TPSA) is 64.9 Å². The van der Waals surface area contributed by atoms with Gasteiger partial charge in [0.15, 0.2) is 0 Å². The van der Waals surface area contributed by atoms with E-state index in [4.69, 9.17) is 4.74 Å². The number of halogens is 1. The molecule has 1 N–H and O–H groups in total. The molecule has 0 aliphatic carbocycles. The summed E-state index contributed by atoms with van der Waals surface area (Å²) in [4.78, 5) is 0. The Morgan fingerprint density at radius 3 is 2.94 bits per heavy atom. The summed E-state index contributed by atoms with van der Waals surface area (Å²) in [5.41, 5.74) is 1.13. The molecule has 0 bridgehead atoms. The summed E-state index contributed by atoms with van der Waals surface area (Å²) in [6, 6.07) is 5.99. The molecule has 0 unspecified atom stereocenters. The zero-order valence-electron chi connectivity index (χ0n) is 10.2. The van der Waals surface area contributed by atoms with Crippen LogP contribution in [0, 0.1) is 0 Å². The van der Waals surface area contributed by atoms with Crippen molar-refractivity contribution in [1.29, 1.82) is 0 Å². The highest BCUT2D eigenvalue weighted by Gasteiger charge is 2.07. The number of nitrogens with one attached hydrogen (secondary N) is 1. The average Bonchev–Trinajstić information content (AvgIpc) is 2.75. The van der Waals surface area contributed by atoms with Gasteiger partial charge in [-0.25, -0.2) is 4.68 Å². The van der Waals surface area contributed by atoms with Crippen molar-refractivity contribution in [1.82, 2.24) is 20.2 Å². The van der Waals surface area contributed by atoms with Crippen molar-refractivity contribution in [3.63, 3.8) is 0 Å². The van der Waals surface area contributed by atoms with Gasteiger partial charge in [0.25, 0.3) is 0 Å². The van der Waals surface area contributed by atoms with E-state index in [1.807, 2.05) is 18.2 Å². The van der Waals surface area contributed by atoms with Crippen LogP contribution in [0.5, 0.6) is 5.75 Å². The Morgan fingerprint density at radius 2 is 2.28 bits per heavy atom. The minimum absolute atomic E-state index is 0.656. The third-order valence-electron chi connectivity index (χ3n) is 2.55. The van der Waals surface area contributed by atoms with Crippen molar-refractivity contribution < 1.29 is 4.74 Å². The number of hydrogen-bond acceptors (Lipinski definition) is 5. The van der Waals surface area contributed by atoms with Crippen molar-refractivity contribution in [3.8, 4) is 5.75 Å². The molecule has 6 nitrogen and oxygen atoms in total. The second-order valence-electron chi connectivity index (χ2n) is 3.74. The highest BCUT2D eigenvalue weighted by Crippen LogP contribution is 2.28. The Labute approximate surface area is 113 Å². The smallest absolute Gasteiger partial charge is 0.242 e. The number of anilines is 1. The second-order valence-corrected chi connectivity index (χ2v) is 4.59. The summed E-state index contributed by atoms with van der Waals surface area (Å²) in [5, 5.41) is 14.3. The number of aryl methyl sites for hydroxylation is 1. The van der Waals surface area contributed by atoms with Gasteiger partial charge in [0, 0.05) is 13.6 Å². The maximum atomic E-state index is 5.37. The first-order valence-electron chi connectivity index (χ1n) is 5.50. The molecule has 18 heavy (non-hydrogen) atoms. The molecule has 0 aliphatic rings. The molecule has 0 spiro atoms. The Bertz CT molecular complexity index is 528. The molecule has 1 aromatic heterocycles. The van der Waals surface area contributed by atoms with Crippen molar-refractivity contribution in [2.24, 2.45) is 7.05 Å². The number of rotatable bonds is 5. The molecule has 2 rings (SSSR count). The highest BCUT2D eigenvalue weighted by molar-refractivity contribution is 9.10. The first-order chi connectivity index (χ1) is 8.72. The molecular weight excluding hydrogens is 298 g/mol. The van der Waals surface area contributed by atoms with Crippen LogP contribution >= 0.6 is 15.9 Å². The van der Waals surface area contributed by atoms with Crippen molar-refractivity contribution >= 4 is 21.9 Å². The molecule has 96 valence electrons. The molecule has 1 aromatic carbocycles. The van der Waals surface area contributed by atoms with Gasteiger partial charge >= 0.3 is 0 Å². The highest BCUT2D eigenvalue weighted by atomic mass is 79.9. The molecular formula is C11H14BrN5O. The van der Waals surface area contributed by atoms with Gasteiger partial charge < -0.3 is 10.1 Å². The Balaban J connectivity index is 1.98. The van der Waals surface area contributed by atoms with Gasteiger partial charge in [-0.3, -0.25) is 0 Å². The normalized spacial score (nSPS) is 10.4. The van der Waals surface area contributed by atoms with Crippen LogP contribution in [0.4, 0.5) is 5.95 Å². The van der Waals surface area contributed by atoms with E-state index in [1.54, 1.807) is 18.8 Å². The third kappa shape index (κ3) is 2.79. The zero-order valence-corrected chi connectivity index (χ0v) is 11.8. The molecule has 0 saturated carbocycles. The van der Waals surface area contributed by atoms with E-state index in [0.717, 1.165) is 28.8 Å². The molecule has 0 amide bonds. The lowest BCUT2D eigenvalue weighted by Gasteiger charge is -2.10. The Morgan fingerprint density at radius 1 is 1.44 bits per heavy atom. The molecule has 0 atom stereocenters. The largest absolute Gasteiger partial charge is 0.495 e. The van der Waals surface area contributed by atoms with E-state index in [9.17, 15) is 0 Å². The standard InChI is InChI=1S/C11H14BrN5O/c1-17-11(14-15-16-17)13-7-6-8-4-3-5-9(12)10(8)18-2/h3-5H,6-7H2,1-2H3,(H,13,14,16). The fourth-order valence-corrected chi connectivity index (χ4v) is 2.24. The number of hydrogen-bond donors (Lipinski definition) is 1. The lowest BCUT2D eigenvalue weighted by Crippen LogP contribution is -2.10. The quantitative estimate of drug-likeness (QED) is 0.909. The van der Waals surface area contributed by atoms with Gasteiger partial charge in [0.1, 0.15) is 5.75 Å². The summed E-state index contributed by atoms with van der Waals surface area (Å²) in [6.45, 7) is 0.737. The van der Waals surface area contributed by atoms with Crippen molar-refractivity contribution in [2.45, 2.75) is 6.42 Å². The van der Waals surface area contributed by atoms with E-state index in [2.05, 4.69) is 36.8 Å². The molecule has 1 heterocycles. The zero-order chi connectivity index (χ0) is 13.0. The first-order valence-corrected chi connectivity index (χ1v) is 6.29. The van der Waals surface area contributed by atoms with Crippen LogP contribution in [-0.2, 0) is 13.5 Å². The summed E-state index contributed by atoms with van der Waals surface area (Å²) in [7, 11) is 3.46. The van der Waals surface area contributed by atoms with Gasteiger partial charge in [-0.1, -0.05) is 17.2 Å². The van der Waals surface area contributed by atoms with Gasteiger partial charge in [0.2, 0.25) is 5.95 Å². The summed E-state index contributed by atoms with van der Waals surface area (Å²) < 4.78 is 7.92. The fourth-order valence-electron chi connectivity index (χ4n) is 1.67. The third-order valence-corrected chi connectivity index (χ3v) is 3.17. The first kappa shape index (κ1) is 12.8. The molecule has 0 aliphatic heterocycles. The van der Waals surface area contributed by atoms with E-state index >= 15 is 0 Å². The van der Waals surface area contributed by atoms with Crippen molar-refractivity contribution in [3.05, 3.63) is 28.2 Å². The number of tetrazole rings is 1. The van der Waals surface area contributed by atoms with E-state index in [1.165, 1.54) is 0 Å². The SMILES string of the molecule is COc1c(Br)cccc1CCNc1nnnn1C. The van der Waals surface area contributed by atoms with Crippen LogP contribution in [-0.4, -0.2) is 33.9 Å². The average molecular weight is 312 g/mol. The second kappa shape index (κ2) is 5.81. The van der Waals surface area contributed by atoms with Crippen LogP contribution < -0.4 is 10.1 Å². The van der Waals surface area contributed by atoms with Crippen LogP contribution in [0.3, 0.4) is 0 Å². The monoisotopic (exact) mass is 311 g/mol. The van der Waals surface area contributed by atoms with Crippen LogP contribution in [0.25, 0.3) is 0 Å². The molecule has 2 aromatic rings. The van der Waals surface area contributed by atoms with Gasteiger partial charge in [-0.15, -0.1) is 0 Å². The minimum atomic E-state index is 0.656. The lowest BCUT2D eigenvalue weighted by molar-refractivity contribution is 0.407. The van der Waals surface area contributed by atoms with Gasteiger partial charge in [0.05, 0.1) is 11.6 Å². The summed E-state index contributed by atoms with van der Waals surface area (Å²) in [6.07, 6.45) is 0.829. The van der Waals surface area contributed by atoms with E-state index in [-0.39, 0.29) is 0 Å². The van der Waals surface area contributed by atoms with Crippen molar-refractivity contribution in [2.75, 3.05) is 19.0 Å². The molecule has 0 saturated heterocycles. The summed E-state index contributed by atoms with van der Waals surface area (Å²) in [5.74, 6) is 1.53. The predicted octanol–water partition coefficient (Wildman–Crippen LogP) is 1.64. The molecule has 0 radical (unpaired) electrons. The van der Waals surface area contributed by atoms with Crippen LogP contribution in [0.2, 0.25) is 0 Å². The van der Waals surface area contributed by atoms with Gasteiger partial charge in [-0.2, -0.15) is 0 Å². The number of nitrogens with zero attached hydrogens (tertiary/aromatic N) is 4. The predicted molar refractivity (Wildman–Crippen MR) is 71.7 cm³/mol. The maximum absolute atomic E-state index is 5.37. The number of ether oxygens (including phenoxy) is 1. The number of benzene rings is 1. The van der Waals surface area contributed by atoms with E-state index in [0.29, 0.717) is 5.95 Å². The van der Waals surface area contributed by atoms with Crippen LogP contribution in [0.15, 0.2) is 22.7 Å². The van der Waals surface area contributed by atoms with Crippen LogP contribution in [0.1, 0.15) is 5.56 Å². The molecule has 0 fully saturated rings. The molecule has 7 heteroatoms. The van der Waals surface area contributed by atoms with E-state index < -0.39 is 0 Å². The number of para-hydroxylation sites is 1. The fraction of sp³-hybridized carbons (Fsp3) is 0.364. The maximum Gasteiger partial charge on any atom is 0.242 e. The minimum Gasteiger partial charge on any atom is -0.495 e. The number of aromatic nitrogens is 4. The summed E-state index contributed by atoms with van der Waals surface area (Å²) >= 11 is 3.47. The lowest BCUT2D eigenvalue weighted by atomic mass is 10.1. The number of methoxy groups -OCH3 is 1. The Hall–Kier alpha value is -1.63. The Kier molecular flexibility index (Phi) is 4.14. The van der Waals surface area contributed by atoms with Gasteiger partial charge in [-0.05, 0) is 44.4 Å².